The predicted octanol–water partition coefficient (Wildman–Crippen LogP) is 3.69. The zero-order valence-electron chi connectivity index (χ0n) is 11.8. The molecule has 0 fully saturated rings. The summed E-state index contributed by atoms with van der Waals surface area (Å²) < 4.78 is 1.09. The topological polar surface area (TPSA) is 55.1 Å². The van der Waals surface area contributed by atoms with Gasteiger partial charge in [-0.3, -0.25) is 4.79 Å². The van der Waals surface area contributed by atoms with Gasteiger partial charge in [0.1, 0.15) is 0 Å². The first-order valence-corrected chi connectivity index (χ1v) is 7.78. The molecule has 1 unspecified atom stereocenters. The lowest BCUT2D eigenvalue weighted by atomic mass is 9.94. The smallest absolute Gasteiger partial charge is 0.224 e. The number of hydrogen-bond donors (Lipinski definition) is 2. The second kappa shape index (κ2) is 5.62. The molecule has 0 radical (unpaired) electrons. The number of benzene rings is 2. The van der Waals surface area contributed by atoms with Crippen LogP contribution in [-0.2, 0) is 11.2 Å². The summed E-state index contributed by atoms with van der Waals surface area (Å²) >= 11 is 3.51. The molecule has 0 saturated heterocycles. The van der Waals surface area contributed by atoms with E-state index in [9.17, 15) is 4.79 Å². The van der Waals surface area contributed by atoms with Crippen molar-refractivity contribution in [1.82, 2.24) is 0 Å². The van der Waals surface area contributed by atoms with Crippen molar-refractivity contribution in [1.29, 1.82) is 0 Å². The highest BCUT2D eigenvalue weighted by Gasteiger charge is 2.17. The van der Waals surface area contributed by atoms with Gasteiger partial charge in [-0.1, -0.05) is 40.2 Å². The van der Waals surface area contributed by atoms with Crippen LogP contribution in [0.1, 0.15) is 34.7 Å². The Hall–Kier alpha value is -1.65. The largest absolute Gasteiger partial charge is 0.326 e. The first-order valence-electron chi connectivity index (χ1n) is 6.99. The van der Waals surface area contributed by atoms with E-state index in [0.717, 1.165) is 33.3 Å². The van der Waals surface area contributed by atoms with Crippen molar-refractivity contribution in [3.63, 3.8) is 0 Å². The molecule has 0 spiro atoms. The van der Waals surface area contributed by atoms with Gasteiger partial charge in [0.2, 0.25) is 5.91 Å². The third kappa shape index (κ3) is 2.87. The highest BCUT2D eigenvalue weighted by molar-refractivity contribution is 9.10. The Kier molecular flexibility index (Phi) is 3.83. The summed E-state index contributed by atoms with van der Waals surface area (Å²) in [5.41, 5.74) is 11.8. The predicted molar refractivity (Wildman–Crippen MR) is 88.3 cm³/mol. The summed E-state index contributed by atoms with van der Waals surface area (Å²) in [7, 11) is 0. The number of anilines is 1. The van der Waals surface area contributed by atoms with E-state index in [1.54, 1.807) is 0 Å². The van der Waals surface area contributed by atoms with Gasteiger partial charge in [0.25, 0.3) is 0 Å². The van der Waals surface area contributed by atoms with Gasteiger partial charge >= 0.3 is 0 Å². The minimum Gasteiger partial charge on any atom is -0.326 e. The van der Waals surface area contributed by atoms with Crippen LogP contribution in [0.3, 0.4) is 0 Å². The molecule has 3 N–H and O–H groups in total. The Labute approximate surface area is 132 Å². The maximum atomic E-state index is 11.4. The average Bonchev–Trinajstić information content (AvgIpc) is 2.49. The Bertz CT molecular complexity index is 712. The van der Waals surface area contributed by atoms with Crippen molar-refractivity contribution in [2.24, 2.45) is 5.73 Å². The molecule has 1 amide bonds. The van der Waals surface area contributed by atoms with E-state index in [1.807, 2.05) is 24.3 Å². The van der Waals surface area contributed by atoms with Crippen LogP contribution in [0.2, 0.25) is 0 Å². The van der Waals surface area contributed by atoms with E-state index >= 15 is 0 Å². The lowest BCUT2D eigenvalue weighted by molar-refractivity contribution is -0.116. The quantitative estimate of drug-likeness (QED) is 0.872. The number of nitrogens with one attached hydrogen (secondary N) is 1. The number of aryl methyl sites for hydroxylation is 2. The van der Waals surface area contributed by atoms with Gasteiger partial charge in [-0.25, -0.2) is 0 Å². The van der Waals surface area contributed by atoms with Crippen molar-refractivity contribution in [3.8, 4) is 0 Å². The molecule has 21 heavy (non-hydrogen) atoms. The van der Waals surface area contributed by atoms with Crippen LogP contribution in [-0.4, -0.2) is 5.91 Å². The number of halogens is 1. The fourth-order valence-corrected chi connectivity index (χ4v) is 2.90. The second-order valence-electron chi connectivity index (χ2n) is 5.45. The van der Waals surface area contributed by atoms with Gasteiger partial charge in [-0.2, -0.15) is 0 Å². The fraction of sp³-hybridized carbons (Fsp3) is 0.235. The molecule has 0 aromatic heterocycles. The van der Waals surface area contributed by atoms with Crippen molar-refractivity contribution in [2.45, 2.75) is 25.8 Å². The van der Waals surface area contributed by atoms with Gasteiger partial charge in [0.15, 0.2) is 0 Å². The molecule has 0 bridgehead atoms. The summed E-state index contributed by atoms with van der Waals surface area (Å²) in [5, 5.41) is 2.90. The third-order valence-corrected chi connectivity index (χ3v) is 4.81. The average molecular weight is 345 g/mol. The zero-order chi connectivity index (χ0) is 15.0. The summed E-state index contributed by atoms with van der Waals surface area (Å²) in [6, 6.07) is 12.1. The Morgan fingerprint density at radius 3 is 2.62 bits per heavy atom. The zero-order valence-corrected chi connectivity index (χ0v) is 13.4. The highest BCUT2D eigenvalue weighted by Crippen LogP contribution is 2.29. The number of carbonyl (C=O) groups excluding carboxylic acids is 1. The molecule has 0 saturated carbocycles. The molecule has 2 aromatic rings. The van der Waals surface area contributed by atoms with E-state index in [0.29, 0.717) is 6.42 Å². The lowest BCUT2D eigenvalue weighted by Crippen LogP contribution is -2.20. The molecule has 1 heterocycles. The molecule has 2 aromatic carbocycles. The monoisotopic (exact) mass is 344 g/mol. The summed E-state index contributed by atoms with van der Waals surface area (Å²) in [6.45, 7) is 2.06. The molecule has 1 atom stereocenters. The maximum absolute atomic E-state index is 11.4. The minimum absolute atomic E-state index is 0.0862. The van der Waals surface area contributed by atoms with E-state index in [-0.39, 0.29) is 11.9 Å². The lowest BCUT2D eigenvalue weighted by Gasteiger charge is -2.20. The minimum atomic E-state index is -0.153. The molecule has 1 aliphatic heterocycles. The van der Waals surface area contributed by atoms with Gasteiger partial charge in [0.05, 0.1) is 6.04 Å². The highest BCUT2D eigenvalue weighted by atomic mass is 79.9. The molecule has 0 aliphatic carbocycles. The number of carbonyl (C=O) groups is 1. The normalized spacial score (nSPS) is 15.3. The molecule has 3 rings (SSSR count). The molecule has 3 nitrogen and oxygen atoms in total. The van der Waals surface area contributed by atoms with E-state index < -0.39 is 0 Å². The number of nitrogens with two attached hydrogens (primary N) is 1. The number of fused-ring (bicyclic) bond motifs is 1. The first kappa shape index (κ1) is 14.3. The second-order valence-corrected chi connectivity index (χ2v) is 6.31. The van der Waals surface area contributed by atoms with Crippen molar-refractivity contribution in [3.05, 3.63) is 63.1 Å². The summed E-state index contributed by atoms with van der Waals surface area (Å²) in [5.74, 6) is 0.0862. The summed E-state index contributed by atoms with van der Waals surface area (Å²) in [4.78, 5) is 11.4. The third-order valence-electron chi connectivity index (χ3n) is 3.93. The van der Waals surface area contributed by atoms with E-state index in [4.69, 9.17) is 5.73 Å². The number of hydrogen-bond acceptors (Lipinski definition) is 2. The Morgan fingerprint density at radius 2 is 1.86 bits per heavy atom. The molecule has 4 heteroatoms. The van der Waals surface area contributed by atoms with Crippen LogP contribution in [0.25, 0.3) is 0 Å². The van der Waals surface area contributed by atoms with Crippen LogP contribution in [0.5, 0.6) is 0 Å². The maximum Gasteiger partial charge on any atom is 0.224 e. The van der Waals surface area contributed by atoms with Crippen LogP contribution in [0.4, 0.5) is 5.69 Å². The van der Waals surface area contributed by atoms with Crippen molar-refractivity contribution in [2.75, 3.05) is 5.32 Å². The van der Waals surface area contributed by atoms with Crippen LogP contribution in [0, 0.1) is 6.92 Å². The molecular weight excluding hydrogens is 328 g/mol. The van der Waals surface area contributed by atoms with Gasteiger partial charge in [-0.05, 0) is 47.7 Å². The van der Waals surface area contributed by atoms with E-state index in [2.05, 4.69) is 40.3 Å². The fourth-order valence-electron chi connectivity index (χ4n) is 2.65. The van der Waals surface area contributed by atoms with Crippen molar-refractivity contribution >= 4 is 27.5 Å². The number of amides is 1. The van der Waals surface area contributed by atoms with Gasteiger partial charge in [0, 0.05) is 16.6 Å². The SMILES string of the molecule is Cc1cc(C(N)c2ccc3c(c2)CCC(=O)N3)ccc1Br. The van der Waals surface area contributed by atoms with Crippen LogP contribution < -0.4 is 11.1 Å². The Morgan fingerprint density at radius 1 is 1.14 bits per heavy atom. The van der Waals surface area contributed by atoms with Crippen LogP contribution >= 0.6 is 15.9 Å². The van der Waals surface area contributed by atoms with Crippen LogP contribution in [0.15, 0.2) is 40.9 Å². The van der Waals surface area contributed by atoms with Gasteiger partial charge < -0.3 is 11.1 Å². The molecular formula is C17H17BrN2O. The molecule has 1 aliphatic rings. The Balaban J connectivity index is 1.93. The van der Waals surface area contributed by atoms with Crippen molar-refractivity contribution < 1.29 is 4.79 Å². The standard InChI is InChI=1S/C17H17BrN2O/c1-10-8-12(2-5-14(10)18)17(19)13-3-6-15-11(9-13)4-7-16(21)20-15/h2-3,5-6,8-9,17H,4,7,19H2,1H3,(H,20,21). The molecule has 108 valence electrons. The van der Waals surface area contributed by atoms with Gasteiger partial charge in [-0.15, -0.1) is 0 Å². The first-order chi connectivity index (χ1) is 10.0. The number of rotatable bonds is 2. The van der Waals surface area contributed by atoms with E-state index in [1.165, 1.54) is 5.56 Å². The summed E-state index contributed by atoms with van der Waals surface area (Å²) in [6.07, 6.45) is 1.32.